The molecule has 2 rings (SSSR count). The average molecular weight is 290 g/mol. The van der Waals surface area contributed by atoms with Gasteiger partial charge < -0.3 is 10.1 Å². The summed E-state index contributed by atoms with van der Waals surface area (Å²) in [5.74, 6) is 2.34. The van der Waals surface area contributed by atoms with E-state index in [-0.39, 0.29) is 0 Å². The van der Waals surface area contributed by atoms with Crippen LogP contribution < -0.4 is 10.1 Å². The average Bonchev–Trinajstić information content (AvgIpc) is 2.43. The van der Waals surface area contributed by atoms with Gasteiger partial charge in [-0.25, -0.2) is 0 Å². The first-order valence-electron chi connectivity index (χ1n) is 8.39. The molecule has 0 amide bonds. The van der Waals surface area contributed by atoms with E-state index in [9.17, 15) is 0 Å². The second-order valence-electron chi connectivity index (χ2n) is 6.88. The van der Waals surface area contributed by atoms with E-state index in [1.807, 2.05) is 13.1 Å². The lowest BCUT2D eigenvalue weighted by molar-refractivity contribution is 0.101. The molecular weight excluding hydrogens is 260 g/mol. The van der Waals surface area contributed by atoms with Crippen molar-refractivity contribution in [2.24, 2.45) is 11.8 Å². The lowest BCUT2D eigenvalue weighted by atomic mass is 9.88. The molecule has 1 fully saturated rings. The van der Waals surface area contributed by atoms with Crippen LogP contribution in [0.5, 0.6) is 5.75 Å². The van der Waals surface area contributed by atoms with Gasteiger partial charge in [-0.2, -0.15) is 0 Å². The van der Waals surface area contributed by atoms with Crippen molar-refractivity contribution in [3.63, 3.8) is 0 Å². The van der Waals surface area contributed by atoms with Crippen LogP contribution in [-0.2, 0) is 6.54 Å². The summed E-state index contributed by atoms with van der Waals surface area (Å²) < 4.78 is 6.36. The highest BCUT2D eigenvalue weighted by Gasteiger charge is 2.23. The number of hydrogen-bond donors (Lipinski definition) is 1. The van der Waals surface area contributed by atoms with Gasteiger partial charge in [0.1, 0.15) is 11.9 Å². The summed E-state index contributed by atoms with van der Waals surface area (Å²) in [5.41, 5.74) is 2.21. The molecule has 0 bridgehead atoms. The van der Waals surface area contributed by atoms with Crippen molar-refractivity contribution in [1.82, 2.24) is 10.3 Å². The molecule has 0 radical (unpaired) electrons. The van der Waals surface area contributed by atoms with Crippen LogP contribution >= 0.6 is 0 Å². The molecule has 0 aromatic carbocycles. The monoisotopic (exact) mass is 290 g/mol. The molecule has 3 nitrogen and oxygen atoms in total. The highest BCUT2D eigenvalue weighted by atomic mass is 16.5. The van der Waals surface area contributed by atoms with Gasteiger partial charge in [-0.1, -0.05) is 27.2 Å². The zero-order chi connectivity index (χ0) is 15.2. The molecule has 1 aliphatic carbocycles. The number of nitrogens with zero attached hydrogens (tertiary/aromatic N) is 1. The third kappa shape index (κ3) is 4.99. The predicted octanol–water partition coefficient (Wildman–Crippen LogP) is 4.09. The minimum absolute atomic E-state index is 0.365. The molecule has 1 N–H and O–H groups in total. The molecule has 1 aromatic heterocycles. The summed E-state index contributed by atoms with van der Waals surface area (Å²) in [5, 5.41) is 3.49. The van der Waals surface area contributed by atoms with Gasteiger partial charge in [0.2, 0.25) is 0 Å². The van der Waals surface area contributed by atoms with Crippen molar-refractivity contribution >= 4 is 0 Å². The van der Waals surface area contributed by atoms with Gasteiger partial charge in [-0.05, 0) is 44.6 Å². The van der Waals surface area contributed by atoms with E-state index >= 15 is 0 Å². The summed E-state index contributed by atoms with van der Waals surface area (Å²) in [7, 11) is 0. The minimum atomic E-state index is 0.365. The van der Waals surface area contributed by atoms with Crippen molar-refractivity contribution in [1.29, 1.82) is 0 Å². The van der Waals surface area contributed by atoms with Crippen LogP contribution in [0.3, 0.4) is 0 Å². The fourth-order valence-corrected chi connectivity index (χ4v) is 2.92. The predicted molar refractivity (Wildman–Crippen MR) is 87.6 cm³/mol. The smallest absolute Gasteiger partial charge is 0.127 e. The summed E-state index contributed by atoms with van der Waals surface area (Å²) in [4.78, 5) is 4.43. The Bertz CT molecular complexity index is 445. The van der Waals surface area contributed by atoms with Gasteiger partial charge in [-0.15, -0.1) is 0 Å². The molecule has 21 heavy (non-hydrogen) atoms. The van der Waals surface area contributed by atoms with Crippen LogP contribution in [0.25, 0.3) is 0 Å². The molecule has 0 aliphatic heterocycles. The Morgan fingerprint density at radius 2 is 2.10 bits per heavy atom. The van der Waals surface area contributed by atoms with Crippen molar-refractivity contribution < 1.29 is 4.74 Å². The van der Waals surface area contributed by atoms with Crippen LogP contribution in [0.4, 0.5) is 0 Å². The van der Waals surface area contributed by atoms with E-state index in [0.29, 0.717) is 17.9 Å². The first kappa shape index (κ1) is 16.3. The second-order valence-corrected chi connectivity index (χ2v) is 6.88. The normalized spacial score (nSPS) is 22.5. The lowest BCUT2D eigenvalue weighted by Crippen LogP contribution is -2.29. The number of aromatic nitrogens is 1. The summed E-state index contributed by atoms with van der Waals surface area (Å²) in [6, 6.07) is 2.09. The van der Waals surface area contributed by atoms with Gasteiger partial charge in [0.25, 0.3) is 0 Å². The second kappa shape index (κ2) is 7.79. The Hall–Kier alpha value is -1.09. The highest BCUT2D eigenvalue weighted by Crippen LogP contribution is 2.29. The molecule has 1 aromatic rings. The lowest BCUT2D eigenvalue weighted by Gasteiger charge is -2.30. The molecule has 2 atom stereocenters. The number of rotatable bonds is 6. The summed E-state index contributed by atoms with van der Waals surface area (Å²) >= 11 is 0. The Morgan fingerprint density at radius 1 is 1.33 bits per heavy atom. The SMILES string of the molecule is Cc1cc(OC2CCCCC2C)c(CNCC(C)C)cn1. The van der Waals surface area contributed by atoms with Crippen molar-refractivity contribution in [2.45, 2.75) is 66.0 Å². The van der Waals surface area contributed by atoms with Gasteiger partial charge in [0, 0.05) is 30.1 Å². The minimum Gasteiger partial charge on any atom is -0.490 e. The van der Waals surface area contributed by atoms with Gasteiger partial charge >= 0.3 is 0 Å². The Balaban J connectivity index is 2.03. The molecular formula is C18H30N2O. The molecule has 0 spiro atoms. The van der Waals surface area contributed by atoms with Crippen LogP contribution in [0, 0.1) is 18.8 Å². The van der Waals surface area contributed by atoms with Gasteiger partial charge in [-0.3, -0.25) is 4.98 Å². The van der Waals surface area contributed by atoms with Crippen molar-refractivity contribution in [3.8, 4) is 5.75 Å². The van der Waals surface area contributed by atoms with E-state index < -0.39 is 0 Å². The van der Waals surface area contributed by atoms with Crippen molar-refractivity contribution in [2.75, 3.05) is 6.54 Å². The topological polar surface area (TPSA) is 34.1 Å². The largest absolute Gasteiger partial charge is 0.490 e. The Labute approximate surface area is 129 Å². The first-order chi connectivity index (χ1) is 10.1. The van der Waals surface area contributed by atoms with Crippen LogP contribution in [0.15, 0.2) is 12.3 Å². The molecule has 118 valence electrons. The molecule has 1 heterocycles. The van der Waals surface area contributed by atoms with Crippen LogP contribution in [0.1, 0.15) is 57.7 Å². The standard InChI is InChI=1S/C18H30N2O/c1-13(2)10-19-11-16-12-20-15(4)9-18(16)21-17-8-6-5-7-14(17)3/h9,12-14,17,19H,5-8,10-11H2,1-4H3. The maximum atomic E-state index is 6.36. The van der Waals surface area contributed by atoms with Crippen LogP contribution in [-0.4, -0.2) is 17.6 Å². The molecule has 1 saturated carbocycles. The zero-order valence-corrected chi connectivity index (χ0v) is 14.0. The number of hydrogen-bond acceptors (Lipinski definition) is 3. The first-order valence-corrected chi connectivity index (χ1v) is 8.39. The number of ether oxygens (including phenoxy) is 1. The van der Waals surface area contributed by atoms with Gasteiger partial charge in [0.05, 0.1) is 0 Å². The number of nitrogens with one attached hydrogen (secondary N) is 1. The highest BCUT2D eigenvalue weighted by molar-refractivity contribution is 5.33. The van der Waals surface area contributed by atoms with Gasteiger partial charge in [0.15, 0.2) is 0 Å². The molecule has 2 unspecified atom stereocenters. The quantitative estimate of drug-likeness (QED) is 0.856. The zero-order valence-electron chi connectivity index (χ0n) is 14.0. The molecule has 1 aliphatic rings. The maximum absolute atomic E-state index is 6.36. The van der Waals surface area contributed by atoms with Crippen molar-refractivity contribution in [3.05, 3.63) is 23.5 Å². The third-order valence-corrected chi connectivity index (χ3v) is 4.26. The van der Waals surface area contributed by atoms with E-state index in [4.69, 9.17) is 4.74 Å². The maximum Gasteiger partial charge on any atom is 0.127 e. The fraction of sp³-hybridized carbons (Fsp3) is 0.722. The van der Waals surface area contributed by atoms with E-state index in [1.54, 1.807) is 0 Å². The third-order valence-electron chi connectivity index (χ3n) is 4.26. The summed E-state index contributed by atoms with van der Waals surface area (Å²) in [6.45, 7) is 10.6. The van der Waals surface area contributed by atoms with E-state index in [1.165, 1.54) is 31.2 Å². The fourth-order valence-electron chi connectivity index (χ4n) is 2.92. The van der Waals surface area contributed by atoms with E-state index in [0.717, 1.165) is 24.5 Å². The van der Waals surface area contributed by atoms with Crippen LogP contribution in [0.2, 0.25) is 0 Å². The molecule has 3 heteroatoms. The Morgan fingerprint density at radius 3 is 2.81 bits per heavy atom. The summed E-state index contributed by atoms with van der Waals surface area (Å²) in [6.07, 6.45) is 7.44. The van der Waals surface area contributed by atoms with E-state index in [2.05, 4.69) is 37.1 Å². The Kier molecular flexibility index (Phi) is 6.04. The number of aryl methyl sites for hydroxylation is 1. The molecule has 0 saturated heterocycles. The number of pyridine rings is 1.